The summed E-state index contributed by atoms with van der Waals surface area (Å²) in [6.07, 6.45) is 1.23. The van der Waals surface area contributed by atoms with Crippen LogP contribution in [-0.2, 0) is 4.79 Å². The lowest BCUT2D eigenvalue weighted by atomic mass is 10.2. The summed E-state index contributed by atoms with van der Waals surface area (Å²) in [5.41, 5.74) is 3.16. The Morgan fingerprint density at radius 2 is 1.81 bits per heavy atom. The Morgan fingerprint density at radius 3 is 2.52 bits per heavy atom. The van der Waals surface area contributed by atoms with E-state index in [1.165, 1.54) is 36.5 Å². The number of hydrogen-bond donors (Lipinski definition) is 2. The topological polar surface area (TPSA) is 53.5 Å². The summed E-state index contributed by atoms with van der Waals surface area (Å²) in [4.78, 5) is 11.5. The number of carbonyl (C=O) groups excluding carboxylic acids is 1. The number of rotatable bonds is 5. The van der Waals surface area contributed by atoms with Crippen LogP contribution >= 0.6 is 0 Å². The molecule has 0 aliphatic carbocycles. The lowest BCUT2D eigenvalue weighted by molar-refractivity contribution is -0.119. The monoisotopic (exact) mass is 289 g/mol. The fourth-order valence-electron chi connectivity index (χ4n) is 1.54. The first-order chi connectivity index (χ1) is 10.1. The summed E-state index contributed by atoms with van der Waals surface area (Å²) in [7, 11) is 0. The van der Waals surface area contributed by atoms with Gasteiger partial charge in [0, 0.05) is 11.3 Å². The summed E-state index contributed by atoms with van der Waals surface area (Å²) in [5.74, 6) is -1.16. The quantitative estimate of drug-likeness (QED) is 0.656. The molecular formula is C15H13F2N3O. The minimum absolute atomic E-state index is 0.0275. The molecule has 0 atom stereocenters. The average Bonchev–Trinajstić information content (AvgIpc) is 2.49. The molecule has 0 spiro atoms. The minimum Gasteiger partial charge on any atom is -0.376 e. The van der Waals surface area contributed by atoms with Crippen LogP contribution in [-0.4, -0.2) is 18.7 Å². The largest absolute Gasteiger partial charge is 0.376 e. The second-order valence-corrected chi connectivity index (χ2v) is 4.18. The third-order valence-electron chi connectivity index (χ3n) is 2.60. The molecule has 0 heterocycles. The van der Waals surface area contributed by atoms with E-state index in [1.54, 1.807) is 18.2 Å². The number of anilines is 1. The zero-order chi connectivity index (χ0) is 15.1. The second-order valence-electron chi connectivity index (χ2n) is 4.18. The molecule has 6 heteroatoms. The van der Waals surface area contributed by atoms with Crippen LogP contribution in [0.5, 0.6) is 0 Å². The zero-order valence-electron chi connectivity index (χ0n) is 11.0. The molecule has 0 saturated heterocycles. The maximum Gasteiger partial charge on any atom is 0.259 e. The van der Waals surface area contributed by atoms with Crippen molar-refractivity contribution >= 4 is 17.8 Å². The number of nitrogens with zero attached hydrogens (tertiary/aromatic N) is 1. The van der Waals surface area contributed by atoms with E-state index in [1.807, 2.05) is 0 Å². The van der Waals surface area contributed by atoms with Crippen molar-refractivity contribution in [3.8, 4) is 0 Å². The molecule has 21 heavy (non-hydrogen) atoms. The summed E-state index contributed by atoms with van der Waals surface area (Å²) in [5, 5.41) is 6.47. The van der Waals surface area contributed by atoms with Crippen LogP contribution in [0.3, 0.4) is 0 Å². The summed E-state index contributed by atoms with van der Waals surface area (Å²) in [6.45, 7) is -0.0275. The molecule has 2 aromatic carbocycles. The van der Waals surface area contributed by atoms with E-state index < -0.39 is 11.7 Å². The summed E-state index contributed by atoms with van der Waals surface area (Å²) in [6, 6.07) is 11.7. The van der Waals surface area contributed by atoms with Crippen LogP contribution in [0, 0.1) is 11.6 Å². The van der Waals surface area contributed by atoms with Gasteiger partial charge in [-0.25, -0.2) is 14.2 Å². The predicted octanol–water partition coefficient (Wildman–Crippen LogP) is 2.53. The number of benzene rings is 2. The molecule has 0 aromatic heterocycles. The lowest BCUT2D eigenvalue weighted by Gasteiger charge is -2.04. The smallest absolute Gasteiger partial charge is 0.259 e. The number of halogens is 2. The lowest BCUT2D eigenvalue weighted by Crippen LogP contribution is -2.25. The normalized spacial score (nSPS) is 10.6. The Bertz CT molecular complexity index is 642. The third kappa shape index (κ3) is 4.68. The van der Waals surface area contributed by atoms with Crippen molar-refractivity contribution in [2.24, 2.45) is 5.10 Å². The van der Waals surface area contributed by atoms with Crippen LogP contribution in [0.25, 0.3) is 0 Å². The van der Waals surface area contributed by atoms with Crippen molar-refractivity contribution in [1.29, 1.82) is 0 Å². The van der Waals surface area contributed by atoms with Crippen molar-refractivity contribution in [3.05, 3.63) is 65.7 Å². The van der Waals surface area contributed by atoms with Crippen LogP contribution in [0.15, 0.2) is 53.6 Å². The molecule has 0 bridgehead atoms. The minimum atomic E-state index is -0.417. The van der Waals surface area contributed by atoms with Crippen molar-refractivity contribution in [1.82, 2.24) is 5.43 Å². The van der Waals surface area contributed by atoms with Gasteiger partial charge in [-0.15, -0.1) is 0 Å². The highest BCUT2D eigenvalue weighted by Gasteiger charge is 2.00. The molecule has 0 radical (unpaired) electrons. The Hall–Kier alpha value is -2.76. The van der Waals surface area contributed by atoms with Gasteiger partial charge in [-0.3, -0.25) is 4.79 Å². The van der Waals surface area contributed by atoms with Gasteiger partial charge in [0.2, 0.25) is 0 Å². The number of nitrogens with one attached hydrogen (secondary N) is 2. The fraction of sp³-hybridized carbons (Fsp3) is 0.0667. The molecular weight excluding hydrogens is 276 g/mol. The Kier molecular flexibility index (Phi) is 4.98. The molecule has 0 fully saturated rings. The average molecular weight is 289 g/mol. The van der Waals surface area contributed by atoms with Crippen molar-refractivity contribution in [2.45, 2.75) is 0 Å². The first-order valence-corrected chi connectivity index (χ1v) is 6.21. The number of hydrogen-bond acceptors (Lipinski definition) is 3. The van der Waals surface area contributed by atoms with Gasteiger partial charge in [0.15, 0.2) is 0 Å². The number of carbonyl (C=O) groups is 1. The maximum atomic E-state index is 13.3. The van der Waals surface area contributed by atoms with Crippen molar-refractivity contribution in [3.63, 3.8) is 0 Å². The molecule has 4 nitrogen and oxygen atoms in total. The van der Waals surface area contributed by atoms with Crippen LogP contribution in [0.1, 0.15) is 5.56 Å². The molecule has 0 unspecified atom stereocenters. The highest BCUT2D eigenvalue weighted by atomic mass is 19.1. The van der Waals surface area contributed by atoms with E-state index in [0.29, 0.717) is 5.69 Å². The van der Waals surface area contributed by atoms with E-state index >= 15 is 0 Å². The molecule has 108 valence electrons. The Labute approximate surface area is 120 Å². The van der Waals surface area contributed by atoms with Gasteiger partial charge in [-0.2, -0.15) is 5.10 Å². The van der Waals surface area contributed by atoms with Crippen molar-refractivity contribution < 1.29 is 13.6 Å². The standard InChI is InChI=1S/C15H13F2N3O/c16-12-5-7-13(8-6-12)18-10-15(21)20-19-9-11-3-1-2-4-14(11)17/h1-9,18H,10H2,(H,20,21)/b19-9-. The summed E-state index contributed by atoms with van der Waals surface area (Å²) >= 11 is 0. The fourth-order valence-corrected chi connectivity index (χ4v) is 1.54. The van der Waals surface area contributed by atoms with Gasteiger partial charge < -0.3 is 5.32 Å². The van der Waals surface area contributed by atoms with Gasteiger partial charge in [0.1, 0.15) is 11.6 Å². The molecule has 0 aliphatic rings. The molecule has 0 aliphatic heterocycles. The number of amides is 1. The zero-order valence-corrected chi connectivity index (χ0v) is 11.0. The van der Waals surface area contributed by atoms with Gasteiger partial charge >= 0.3 is 0 Å². The van der Waals surface area contributed by atoms with Crippen LogP contribution in [0.2, 0.25) is 0 Å². The van der Waals surface area contributed by atoms with E-state index in [2.05, 4.69) is 15.8 Å². The van der Waals surface area contributed by atoms with Gasteiger partial charge in [-0.05, 0) is 30.3 Å². The molecule has 1 amide bonds. The van der Waals surface area contributed by atoms with Crippen LogP contribution < -0.4 is 10.7 Å². The highest BCUT2D eigenvalue weighted by molar-refractivity contribution is 5.84. The van der Waals surface area contributed by atoms with Gasteiger partial charge in [0.05, 0.1) is 12.8 Å². The third-order valence-corrected chi connectivity index (χ3v) is 2.60. The first-order valence-electron chi connectivity index (χ1n) is 6.21. The van der Waals surface area contributed by atoms with E-state index in [4.69, 9.17) is 0 Å². The molecule has 0 saturated carbocycles. The van der Waals surface area contributed by atoms with E-state index in [-0.39, 0.29) is 17.9 Å². The molecule has 2 aromatic rings. The molecule has 2 N–H and O–H groups in total. The Balaban J connectivity index is 1.80. The number of hydrazone groups is 1. The first kappa shape index (κ1) is 14.6. The van der Waals surface area contributed by atoms with E-state index in [0.717, 1.165) is 0 Å². The van der Waals surface area contributed by atoms with E-state index in [9.17, 15) is 13.6 Å². The SMILES string of the molecule is O=C(CNc1ccc(F)cc1)N/N=C\c1ccccc1F. The van der Waals surface area contributed by atoms with Gasteiger partial charge in [-0.1, -0.05) is 18.2 Å². The van der Waals surface area contributed by atoms with Gasteiger partial charge in [0.25, 0.3) is 5.91 Å². The van der Waals surface area contributed by atoms with Crippen molar-refractivity contribution in [2.75, 3.05) is 11.9 Å². The predicted molar refractivity (Wildman–Crippen MR) is 77.0 cm³/mol. The maximum absolute atomic E-state index is 13.3. The second kappa shape index (κ2) is 7.14. The Morgan fingerprint density at radius 1 is 1.10 bits per heavy atom. The summed E-state index contributed by atoms with van der Waals surface area (Å²) < 4.78 is 26.0. The molecule has 2 rings (SSSR count). The van der Waals surface area contributed by atoms with Crippen LogP contribution in [0.4, 0.5) is 14.5 Å². The highest BCUT2D eigenvalue weighted by Crippen LogP contribution is 2.07.